The summed E-state index contributed by atoms with van der Waals surface area (Å²) in [7, 11) is 0. The zero-order chi connectivity index (χ0) is 11.4. The van der Waals surface area contributed by atoms with E-state index in [1.165, 1.54) is 4.90 Å². The second kappa shape index (κ2) is 5.35. The molecule has 0 radical (unpaired) electrons. The van der Waals surface area contributed by atoms with E-state index >= 15 is 0 Å². The summed E-state index contributed by atoms with van der Waals surface area (Å²) in [6.45, 7) is 3.71. The summed E-state index contributed by atoms with van der Waals surface area (Å²) < 4.78 is 4.80. The van der Waals surface area contributed by atoms with Crippen LogP contribution in [0.3, 0.4) is 0 Å². The van der Waals surface area contributed by atoms with E-state index in [9.17, 15) is 9.59 Å². The molecular weight excluding hydrogens is 218 g/mol. The van der Waals surface area contributed by atoms with Gasteiger partial charge in [0, 0.05) is 6.04 Å². The Hall–Kier alpha value is -0.770. The lowest BCUT2D eigenvalue weighted by atomic mass is 10.3. The molecule has 1 unspecified atom stereocenters. The maximum absolute atomic E-state index is 11.7. The first-order chi connectivity index (χ1) is 7.06. The smallest absolute Gasteiger partial charge is 0.325 e. The van der Waals surface area contributed by atoms with Gasteiger partial charge in [-0.05, 0) is 26.7 Å². The van der Waals surface area contributed by atoms with Crippen LogP contribution in [0.25, 0.3) is 0 Å². The number of carbonyl (C=O) groups is 2. The maximum Gasteiger partial charge on any atom is 0.325 e. The van der Waals surface area contributed by atoms with Gasteiger partial charge in [0.25, 0.3) is 0 Å². The summed E-state index contributed by atoms with van der Waals surface area (Å²) >= 11 is 5.71. The molecule has 0 saturated heterocycles. The number of esters is 1. The average molecular weight is 234 g/mol. The second-order valence-electron chi connectivity index (χ2n) is 3.62. The van der Waals surface area contributed by atoms with Crippen molar-refractivity contribution in [1.82, 2.24) is 4.90 Å². The highest BCUT2D eigenvalue weighted by Crippen LogP contribution is 2.27. The molecule has 0 aromatic heterocycles. The van der Waals surface area contributed by atoms with Crippen molar-refractivity contribution in [3.63, 3.8) is 0 Å². The van der Waals surface area contributed by atoms with Crippen molar-refractivity contribution < 1.29 is 14.3 Å². The van der Waals surface area contributed by atoms with Gasteiger partial charge in [-0.2, -0.15) is 0 Å². The lowest BCUT2D eigenvalue weighted by Crippen LogP contribution is -2.41. The van der Waals surface area contributed by atoms with E-state index in [-0.39, 0.29) is 24.5 Å². The minimum absolute atomic E-state index is 0.0222. The van der Waals surface area contributed by atoms with E-state index in [1.807, 2.05) is 0 Å². The minimum atomic E-state index is -0.583. The lowest BCUT2D eigenvalue weighted by Gasteiger charge is -2.22. The average Bonchev–Trinajstić information content (AvgIpc) is 2.96. The lowest BCUT2D eigenvalue weighted by molar-refractivity contribution is -0.149. The van der Waals surface area contributed by atoms with E-state index in [2.05, 4.69) is 0 Å². The first kappa shape index (κ1) is 12.3. The standard InChI is InChI=1S/C10H16ClNO3/c1-3-15-9(13)6-12(8-4-5-8)10(14)7(2)11/h7-8H,3-6H2,1-2H3. The number of alkyl halides is 1. The second-order valence-corrected chi connectivity index (χ2v) is 4.27. The Kier molecular flexibility index (Phi) is 4.39. The third-order valence-corrected chi connectivity index (χ3v) is 2.40. The van der Waals surface area contributed by atoms with Crippen molar-refractivity contribution in [2.24, 2.45) is 0 Å². The number of hydrogen-bond acceptors (Lipinski definition) is 3. The maximum atomic E-state index is 11.7. The number of hydrogen-bond donors (Lipinski definition) is 0. The van der Waals surface area contributed by atoms with Crippen LogP contribution < -0.4 is 0 Å². The third kappa shape index (κ3) is 3.70. The number of carbonyl (C=O) groups excluding carboxylic acids is 2. The predicted molar refractivity (Wildman–Crippen MR) is 56.7 cm³/mol. The Morgan fingerprint density at radius 2 is 2.13 bits per heavy atom. The van der Waals surface area contributed by atoms with Gasteiger partial charge in [0.1, 0.15) is 11.9 Å². The quantitative estimate of drug-likeness (QED) is 0.529. The summed E-state index contributed by atoms with van der Waals surface area (Å²) in [5.41, 5.74) is 0. The molecule has 15 heavy (non-hydrogen) atoms. The normalized spacial score (nSPS) is 17.0. The van der Waals surface area contributed by atoms with Crippen LogP contribution in [-0.2, 0) is 14.3 Å². The van der Waals surface area contributed by atoms with E-state index in [0.717, 1.165) is 12.8 Å². The van der Waals surface area contributed by atoms with Crippen LogP contribution >= 0.6 is 11.6 Å². The SMILES string of the molecule is CCOC(=O)CN(C(=O)C(C)Cl)C1CC1. The Balaban J connectivity index is 2.51. The van der Waals surface area contributed by atoms with Gasteiger partial charge in [-0.15, -0.1) is 11.6 Å². The van der Waals surface area contributed by atoms with Crippen molar-refractivity contribution in [1.29, 1.82) is 0 Å². The topological polar surface area (TPSA) is 46.6 Å². The summed E-state index contributed by atoms with van der Waals surface area (Å²) in [6.07, 6.45) is 1.91. The number of nitrogens with zero attached hydrogens (tertiary/aromatic N) is 1. The highest BCUT2D eigenvalue weighted by Gasteiger charge is 2.35. The molecule has 0 spiro atoms. The number of halogens is 1. The van der Waals surface area contributed by atoms with E-state index in [0.29, 0.717) is 6.61 Å². The third-order valence-electron chi connectivity index (χ3n) is 2.22. The zero-order valence-electron chi connectivity index (χ0n) is 9.03. The van der Waals surface area contributed by atoms with Crippen LogP contribution in [-0.4, -0.2) is 41.3 Å². The van der Waals surface area contributed by atoms with Crippen molar-refractivity contribution in [2.75, 3.05) is 13.2 Å². The van der Waals surface area contributed by atoms with Gasteiger partial charge in [0.2, 0.25) is 5.91 Å². The summed E-state index contributed by atoms with van der Waals surface area (Å²) in [4.78, 5) is 24.4. The van der Waals surface area contributed by atoms with Gasteiger partial charge in [0.05, 0.1) is 6.61 Å². The van der Waals surface area contributed by atoms with Crippen molar-refractivity contribution >= 4 is 23.5 Å². The fourth-order valence-electron chi connectivity index (χ4n) is 1.35. The van der Waals surface area contributed by atoms with Crippen LogP contribution in [0.4, 0.5) is 0 Å². The highest BCUT2D eigenvalue weighted by molar-refractivity contribution is 6.30. The summed E-state index contributed by atoms with van der Waals surface area (Å²) in [5, 5.41) is -0.583. The fourth-order valence-corrected chi connectivity index (χ4v) is 1.47. The first-order valence-electron chi connectivity index (χ1n) is 5.16. The van der Waals surface area contributed by atoms with Crippen molar-refractivity contribution in [2.45, 2.75) is 38.1 Å². The van der Waals surface area contributed by atoms with Gasteiger partial charge >= 0.3 is 5.97 Å². The molecule has 0 aromatic carbocycles. The van der Waals surface area contributed by atoms with Gasteiger partial charge in [-0.1, -0.05) is 0 Å². The van der Waals surface area contributed by atoms with E-state index in [1.54, 1.807) is 13.8 Å². The van der Waals surface area contributed by atoms with Crippen molar-refractivity contribution in [3.05, 3.63) is 0 Å². The molecule has 5 heteroatoms. The Morgan fingerprint density at radius 3 is 2.53 bits per heavy atom. The fraction of sp³-hybridized carbons (Fsp3) is 0.800. The Morgan fingerprint density at radius 1 is 1.53 bits per heavy atom. The monoisotopic (exact) mass is 233 g/mol. The predicted octanol–water partition coefficient (Wildman–Crippen LogP) is 1.17. The van der Waals surface area contributed by atoms with Crippen LogP contribution in [0.5, 0.6) is 0 Å². The van der Waals surface area contributed by atoms with Gasteiger partial charge in [0.15, 0.2) is 0 Å². The number of ether oxygens (including phenoxy) is 1. The molecule has 0 bridgehead atoms. The molecule has 1 fully saturated rings. The van der Waals surface area contributed by atoms with Crippen LogP contribution in [0, 0.1) is 0 Å². The molecule has 1 rings (SSSR count). The van der Waals surface area contributed by atoms with Crippen LogP contribution in [0.15, 0.2) is 0 Å². The molecular formula is C10H16ClNO3. The molecule has 1 aliphatic carbocycles. The van der Waals surface area contributed by atoms with Crippen LogP contribution in [0.2, 0.25) is 0 Å². The summed E-state index contributed by atoms with van der Waals surface area (Å²) in [5.74, 6) is -0.553. The molecule has 1 saturated carbocycles. The molecule has 0 N–H and O–H groups in total. The molecule has 4 nitrogen and oxygen atoms in total. The van der Waals surface area contributed by atoms with Gasteiger partial charge in [-0.3, -0.25) is 9.59 Å². The zero-order valence-corrected chi connectivity index (χ0v) is 9.79. The van der Waals surface area contributed by atoms with Gasteiger partial charge < -0.3 is 9.64 Å². The van der Waals surface area contributed by atoms with E-state index < -0.39 is 5.38 Å². The molecule has 0 aliphatic heterocycles. The first-order valence-corrected chi connectivity index (χ1v) is 5.60. The Labute approximate surface area is 94.5 Å². The molecule has 1 amide bonds. The van der Waals surface area contributed by atoms with E-state index in [4.69, 9.17) is 16.3 Å². The molecule has 0 aromatic rings. The molecule has 1 atom stereocenters. The summed E-state index contributed by atoms with van der Waals surface area (Å²) in [6, 6.07) is 0.183. The molecule has 1 aliphatic rings. The largest absolute Gasteiger partial charge is 0.465 e. The highest BCUT2D eigenvalue weighted by atomic mass is 35.5. The number of rotatable bonds is 5. The molecule has 86 valence electrons. The minimum Gasteiger partial charge on any atom is -0.465 e. The van der Waals surface area contributed by atoms with Crippen molar-refractivity contribution in [3.8, 4) is 0 Å². The molecule has 0 heterocycles. The van der Waals surface area contributed by atoms with Crippen LogP contribution in [0.1, 0.15) is 26.7 Å². The Bertz CT molecular complexity index is 251. The van der Waals surface area contributed by atoms with Gasteiger partial charge in [-0.25, -0.2) is 0 Å². The number of amides is 1.